The normalized spacial score (nSPS) is 18.8. The van der Waals surface area contributed by atoms with Crippen molar-refractivity contribution in [1.82, 2.24) is 20.2 Å². The zero-order valence-electron chi connectivity index (χ0n) is 16.7. The Morgan fingerprint density at radius 2 is 1.81 bits per heavy atom. The minimum absolute atomic E-state index is 0.0298. The van der Waals surface area contributed by atoms with Crippen LogP contribution in [0, 0.1) is 5.92 Å². The van der Waals surface area contributed by atoms with Gasteiger partial charge in [-0.1, -0.05) is 0 Å². The molecule has 11 heteroatoms. The van der Waals surface area contributed by atoms with Crippen LogP contribution in [-0.2, 0) is 6.18 Å². The third-order valence-electron chi connectivity index (χ3n) is 5.48. The number of carbonyl (C=O) groups excluding carboxylic acids is 2. The highest BCUT2D eigenvalue weighted by Gasteiger charge is 2.38. The van der Waals surface area contributed by atoms with E-state index in [1.54, 1.807) is 23.7 Å². The molecule has 4 rings (SSSR count). The lowest BCUT2D eigenvalue weighted by Gasteiger charge is -2.27. The minimum atomic E-state index is -4.63. The van der Waals surface area contributed by atoms with Crippen molar-refractivity contribution in [2.75, 3.05) is 5.32 Å². The van der Waals surface area contributed by atoms with Gasteiger partial charge in [-0.3, -0.25) is 19.9 Å². The summed E-state index contributed by atoms with van der Waals surface area (Å²) in [6.45, 7) is 0. The Labute approximate surface area is 185 Å². The Hall–Kier alpha value is -3.21. The predicted molar refractivity (Wildman–Crippen MR) is 110 cm³/mol. The van der Waals surface area contributed by atoms with Crippen LogP contribution in [0.3, 0.4) is 0 Å². The van der Waals surface area contributed by atoms with E-state index in [9.17, 15) is 22.8 Å². The molecule has 0 atom stereocenters. The Kier molecular flexibility index (Phi) is 6.26. The van der Waals surface area contributed by atoms with E-state index < -0.39 is 29.3 Å². The van der Waals surface area contributed by atoms with Crippen LogP contribution in [0.25, 0.3) is 0 Å². The molecule has 3 aromatic heterocycles. The Morgan fingerprint density at radius 3 is 2.44 bits per heavy atom. The highest BCUT2D eigenvalue weighted by Crippen LogP contribution is 2.38. The van der Waals surface area contributed by atoms with Crippen molar-refractivity contribution in [2.45, 2.75) is 37.8 Å². The minimum Gasteiger partial charge on any atom is -0.296 e. The number of pyridine rings is 1. The molecular formula is C21H18F3N5O2S. The number of nitrogens with zero attached hydrogens (tertiary/aromatic N) is 4. The Bertz CT molecular complexity index is 1100. The maximum Gasteiger partial charge on any atom is 0.418 e. The number of alkyl halides is 3. The molecule has 1 fully saturated rings. The first-order valence-corrected chi connectivity index (χ1v) is 10.8. The molecule has 0 aromatic carbocycles. The number of hydrogen-bond acceptors (Lipinski definition) is 7. The molecule has 0 aliphatic heterocycles. The summed E-state index contributed by atoms with van der Waals surface area (Å²) in [6.07, 6.45) is 0.962. The molecule has 0 spiro atoms. The molecule has 1 aliphatic carbocycles. The molecule has 3 aromatic rings. The van der Waals surface area contributed by atoms with E-state index >= 15 is 0 Å². The van der Waals surface area contributed by atoms with Gasteiger partial charge in [-0.15, -0.1) is 16.4 Å². The molecule has 1 N–H and O–H groups in total. The Balaban J connectivity index is 1.38. The van der Waals surface area contributed by atoms with Gasteiger partial charge in [0.15, 0.2) is 16.6 Å². The van der Waals surface area contributed by atoms with Gasteiger partial charge in [-0.25, -0.2) is 4.98 Å². The first-order valence-electron chi connectivity index (χ1n) is 9.93. The molecule has 1 aliphatic rings. The lowest BCUT2D eigenvalue weighted by Crippen LogP contribution is -2.24. The highest BCUT2D eigenvalue weighted by molar-refractivity contribution is 7.13. The van der Waals surface area contributed by atoms with Crippen molar-refractivity contribution in [2.24, 2.45) is 5.92 Å². The summed E-state index contributed by atoms with van der Waals surface area (Å²) in [5.41, 5.74) is -0.470. The zero-order valence-corrected chi connectivity index (χ0v) is 17.5. The number of halogens is 3. The van der Waals surface area contributed by atoms with Crippen molar-refractivity contribution in [3.63, 3.8) is 0 Å². The SMILES string of the molecule is O=C(Nc1nccs1)c1ccc(C2CCC(C(=O)c3ccncc3C(F)(F)F)CC2)nn1. The molecule has 0 saturated heterocycles. The Morgan fingerprint density at radius 1 is 1.03 bits per heavy atom. The molecule has 3 heterocycles. The molecule has 1 saturated carbocycles. The van der Waals surface area contributed by atoms with Gasteiger partial charge in [0.25, 0.3) is 5.91 Å². The third-order valence-corrected chi connectivity index (χ3v) is 6.17. The van der Waals surface area contributed by atoms with E-state index in [4.69, 9.17) is 0 Å². The summed E-state index contributed by atoms with van der Waals surface area (Å²) in [5.74, 6) is -1.36. The molecule has 0 bridgehead atoms. The van der Waals surface area contributed by atoms with Gasteiger partial charge in [-0.2, -0.15) is 18.3 Å². The van der Waals surface area contributed by atoms with Crippen LogP contribution in [0.2, 0.25) is 0 Å². The molecule has 7 nitrogen and oxygen atoms in total. The van der Waals surface area contributed by atoms with Gasteiger partial charge in [0.1, 0.15) is 0 Å². The second-order valence-electron chi connectivity index (χ2n) is 7.47. The number of Topliss-reactive ketones (excluding diaryl/α,β-unsaturated/α-hetero) is 1. The monoisotopic (exact) mass is 461 g/mol. The van der Waals surface area contributed by atoms with Crippen molar-refractivity contribution in [3.8, 4) is 0 Å². The third kappa shape index (κ3) is 4.82. The van der Waals surface area contributed by atoms with E-state index in [0.29, 0.717) is 42.7 Å². The van der Waals surface area contributed by atoms with Gasteiger partial charge in [0, 0.05) is 41.4 Å². The second-order valence-corrected chi connectivity index (χ2v) is 8.36. The lowest BCUT2D eigenvalue weighted by molar-refractivity contribution is -0.138. The number of ketones is 1. The van der Waals surface area contributed by atoms with E-state index in [2.05, 4.69) is 25.5 Å². The summed E-state index contributed by atoms with van der Waals surface area (Å²) < 4.78 is 39.6. The molecule has 0 unspecified atom stereocenters. The average Bonchev–Trinajstić information content (AvgIpc) is 3.31. The number of carbonyl (C=O) groups is 2. The summed E-state index contributed by atoms with van der Waals surface area (Å²) in [4.78, 5) is 32.4. The maximum atomic E-state index is 13.2. The van der Waals surface area contributed by atoms with Crippen molar-refractivity contribution in [3.05, 3.63) is 64.7 Å². The van der Waals surface area contributed by atoms with Crippen molar-refractivity contribution < 1.29 is 22.8 Å². The quantitative estimate of drug-likeness (QED) is 0.551. The average molecular weight is 461 g/mol. The largest absolute Gasteiger partial charge is 0.418 e. The fraction of sp³-hybridized carbons (Fsp3) is 0.333. The first kappa shape index (κ1) is 22.0. The van der Waals surface area contributed by atoms with E-state index in [1.165, 1.54) is 17.5 Å². The van der Waals surface area contributed by atoms with Crippen LogP contribution in [0.15, 0.2) is 42.2 Å². The van der Waals surface area contributed by atoms with Crippen LogP contribution < -0.4 is 5.32 Å². The van der Waals surface area contributed by atoms with Crippen LogP contribution in [0.1, 0.15) is 63.7 Å². The lowest BCUT2D eigenvalue weighted by atomic mass is 9.77. The standard InChI is InChI=1S/C21H18F3N5O2S/c22-21(23,24)15-11-25-8-7-14(15)18(30)13-3-1-12(2-4-13)16-5-6-17(29-28-16)19(31)27-20-26-9-10-32-20/h5-13H,1-4H2,(H,26,27,31). The topological polar surface area (TPSA) is 97.7 Å². The predicted octanol–water partition coefficient (Wildman–Crippen LogP) is 4.76. The highest BCUT2D eigenvalue weighted by atomic mass is 32.1. The van der Waals surface area contributed by atoms with Crippen LogP contribution in [0.5, 0.6) is 0 Å². The maximum absolute atomic E-state index is 13.2. The molecule has 166 valence electrons. The fourth-order valence-electron chi connectivity index (χ4n) is 3.83. The number of anilines is 1. The van der Waals surface area contributed by atoms with Gasteiger partial charge in [-0.05, 0) is 43.9 Å². The van der Waals surface area contributed by atoms with Crippen LogP contribution in [-0.4, -0.2) is 31.9 Å². The summed E-state index contributed by atoms with van der Waals surface area (Å²) in [7, 11) is 0. The van der Waals surface area contributed by atoms with Crippen LogP contribution in [0.4, 0.5) is 18.3 Å². The fourth-order valence-corrected chi connectivity index (χ4v) is 4.36. The number of rotatable bonds is 5. The summed E-state index contributed by atoms with van der Waals surface area (Å²) in [6, 6.07) is 4.44. The molecule has 0 radical (unpaired) electrons. The van der Waals surface area contributed by atoms with Gasteiger partial charge < -0.3 is 0 Å². The molecule has 32 heavy (non-hydrogen) atoms. The first-order chi connectivity index (χ1) is 15.3. The van der Waals surface area contributed by atoms with Gasteiger partial charge >= 0.3 is 6.18 Å². The van der Waals surface area contributed by atoms with Crippen molar-refractivity contribution in [1.29, 1.82) is 0 Å². The number of hydrogen-bond donors (Lipinski definition) is 1. The molecule has 1 amide bonds. The van der Waals surface area contributed by atoms with Gasteiger partial charge in [0.05, 0.1) is 11.3 Å². The number of nitrogens with one attached hydrogen (secondary N) is 1. The number of aromatic nitrogens is 4. The van der Waals surface area contributed by atoms with E-state index in [0.717, 1.165) is 6.07 Å². The number of thiazole rings is 1. The van der Waals surface area contributed by atoms with Crippen LogP contribution >= 0.6 is 11.3 Å². The smallest absolute Gasteiger partial charge is 0.296 e. The van der Waals surface area contributed by atoms with E-state index in [1.807, 2.05) is 0 Å². The van der Waals surface area contributed by atoms with Crippen molar-refractivity contribution >= 4 is 28.2 Å². The molecular weight excluding hydrogens is 443 g/mol. The summed E-state index contributed by atoms with van der Waals surface area (Å²) >= 11 is 1.29. The summed E-state index contributed by atoms with van der Waals surface area (Å²) in [5, 5.41) is 13.0. The number of amides is 1. The van der Waals surface area contributed by atoms with Gasteiger partial charge in [0.2, 0.25) is 0 Å². The zero-order chi connectivity index (χ0) is 22.7. The van der Waals surface area contributed by atoms with E-state index in [-0.39, 0.29) is 17.2 Å². The second kappa shape index (κ2) is 9.11.